The highest BCUT2D eigenvalue weighted by Gasteiger charge is 2.23. The van der Waals surface area contributed by atoms with Gasteiger partial charge in [-0.2, -0.15) is 0 Å². The molecule has 2 rings (SSSR count). The maximum absolute atomic E-state index is 12.1. The van der Waals surface area contributed by atoms with Crippen LogP contribution in [0.3, 0.4) is 0 Å². The van der Waals surface area contributed by atoms with Crippen molar-refractivity contribution in [2.45, 2.75) is 18.8 Å². The summed E-state index contributed by atoms with van der Waals surface area (Å²) in [6.45, 7) is 0.500. The molecule has 3 nitrogen and oxygen atoms in total. The minimum atomic E-state index is -0.437. The number of esters is 1. The van der Waals surface area contributed by atoms with E-state index < -0.39 is 5.92 Å². The number of benzene rings is 2. The zero-order valence-corrected chi connectivity index (χ0v) is 16.2. The predicted octanol–water partition coefficient (Wildman–Crippen LogP) is 5.87. The van der Waals surface area contributed by atoms with E-state index in [2.05, 4.69) is 15.9 Å². The van der Waals surface area contributed by atoms with Gasteiger partial charge in [0.1, 0.15) is 5.75 Å². The highest BCUT2D eigenvalue weighted by molar-refractivity contribution is 9.10. The summed E-state index contributed by atoms with van der Waals surface area (Å²) in [7, 11) is 1.37. The Bertz CT molecular complexity index is 689. The fraction of sp³-hybridized carbons (Fsp3) is 0.278. The third-order valence-corrected chi connectivity index (χ3v) is 4.63. The Kier molecular flexibility index (Phi) is 7.40. The number of hydrogen-bond donors (Lipinski definition) is 0. The zero-order valence-electron chi connectivity index (χ0n) is 13.1. The molecule has 0 heterocycles. The molecule has 0 unspecified atom stereocenters. The SMILES string of the molecule is COC(=O)[C@@H](CCCOc1ccc(Br)cc1)c1ccc(Cl)cc1Cl. The van der Waals surface area contributed by atoms with Crippen LogP contribution in [0, 0.1) is 0 Å². The molecule has 0 radical (unpaired) electrons. The summed E-state index contributed by atoms with van der Waals surface area (Å²) in [6, 6.07) is 12.7. The molecule has 0 aliphatic heterocycles. The molecule has 0 amide bonds. The Labute approximate surface area is 160 Å². The second kappa shape index (κ2) is 9.30. The molecule has 0 aliphatic carbocycles. The molecule has 0 spiro atoms. The minimum Gasteiger partial charge on any atom is -0.494 e. The summed E-state index contributed by atoms with van der Waals surface area (Å²) in [5.74, 6) is 0.0356. The molecular formula is C18H17BrCl2O3. The standard InChI is InChI=1S/C18H17BrCl2O3/c1-23-18(22)16(15-9-6-13(20)11-17(15)21)3-2-10-24-14-7-4-12(19)5-8-14/h4-9,11,16H,2-3,10H2,1H3/t16-/m0/s1. The summed E-state index contributed by atoms with van der Waals surface area (Å²) in [6.07, 6.45) is 1.26. The van der Waals surface area contributed by atoms with E-state index in [9.17, 15) is 4.79 Å². The number of hydrogen-bond acceptors (Lipinski definition) is 3. The molecule has 0 saturated carbocycles. The normalized spacial score (nSPS) is 11.8. The van der Waals surface area contributed by atoms with Gasteiger partial charge in [0, 0.05) is 14.5 Å². The van der Waals surface area contributed by atoms with Crippen molar-refractivity contribution in [3.8, 4) is 5.75 Å². The molecule has 6 heteroatoms. The molecule has 0 aromatic heterocycles. The first-order valence-electron chi connectivity index (χ1n) is 7.42. The maximum atomic E-state index is 12.1. The topological polar surface area (TPSA) is 35.5 Å². The van der Waals surface area contributed by atoms with Gasteiger partial charge in [-0.05, 0) is 54.8 Å². The van der Waals surface area contributed by atoms with Gasteiger partial charge in [0.15, 0.2) is 0 Å². The van der Waals surface area contributed by atoms with Crippen molar-refractivity contribution in [1.82, 2.24) is 0 Å². The fourth-order valence-electron chi connectivity index (χ4n) is 2.33. The maximum Gasteiger partial charge on any atom is 0.313 e. The van der Waals surface area contributed by atoms with E-state index >= 15 is 0 Å². The van der Waals surface area contributed by atoms with Gasteiger partial charge in [-0.25, -0.2) is 0 Å². The lowest BCUT2D eigenvalue weighted by atomic mass is 9.94. The van der Waals surface area contributed by atoms with E-state index in [1.54, 1.807) is 18.2 Å². The van der Waals surface area contributed by atoms with Crippen molar-refractivity contribution < 1.29 is 14.3 Å². The second-order valence-corrected chi connectivity index (χ2v) is 6.95. The van der Waals surface area contributed by atoms with E-state index in [0.29, 0.717) is 29.5 Å². The van der Waals surface area contributed by atoms with Crippen LogP contribution in [0.2, 0.25) is 10.0 Å². The summed E-state index contributed by atoms with van der Waals surface area (Å²) < 4.78 is 11.6. The number of carbonyl (C=O) groups is 1. The van der Waals surface area contributed by atoms with Crippen LogP contribution in [0.25, 0.3) is 0 Å². The number of carbonyl (C=O) groups excluding carboxylic acids is 1. The first kappa shape index (κ1) is 19.1. The number of methoxy groups -OCH3 is 1. The van der Waals surface area contributed by atoms with Crippen molar-refractivity contribution in [2.75, 3.05) is 13.7 Å². The highest BCUT2D eigenvalue weighted by atomic mass is 79.9. The second-order valence-electron chi connectivity index (χ2n) is 5.19. The Balaban J connectivity index is 1.96. The molecule has 128 valence electrons. The minimum absolute atomic E-state index is 0.317. The van der Waals surface area contributed by atoms with Crippen molar-refractivity contribution in [3.63, 3.8) is 0 Å². The fourth-order valence-corrected chi connectivity index (χ4v) is 3.14. The molecule has 0 saturated heterocycles. The van der Waals surface area contributed by atoms with Crippen LogP contribution < -0.4 is 4.74 Å². The van der Waals surface area contributed by atoms with Crippen LogP contribution >= 0.6 is 39.1 Å². The molecule has 24 heavy (non-hydrogen) atoms. The van der Waals surface area contributed by atoms with E-state index in [-0.39, 0.29) is 5.97 Å². The van der Waals surface area contributed by atoms with E-state index in [0.717, 1.165) is 15.8 Å². The lowest BCUT2D eigenvalue weighted by Gasteiger charge is -2.17. The van der Waals surface area contributed by atoms with Crippen LogP contribution in [0.15, 0.2) is 46.9 Å². The van der Waals surface area contributed by atoms with Crippen LogP contribution in [-0.4, -0.2) is 19.7 Å². The Morgan fingerprint density at radius 3 is 2.50 bits per heavy atom. The number of rotatable bonds is 7. The van der Waals surface area contributed by atoms with Crippen LogP contribution in [0.4, 0.5) is 0 Å². The first-order valence-corrected chi connectivity index (χ1v) is 8.97. The quantitative estimate of drug-likeness (QED) is 0.406. The lowest BCUT2D eigenvalue weighted by molar-refractivity contribution is -0.142. The van der Waals surface area contributed by atoms with Gasteiger partial charge in [0.25, 0.3) is 0 Å². The largest absolute Gasteiger partial charge is 0.494 e. The van der Waals surface area contributed by atoms with Gasteiger partial charge in [-0.1, -0.05) is 45.2 Å². The molecular weight excluding hydrogens is 415 g/mol. The predicted molar refractivity (Wildman–Crippen MR) is 100 cm³/mol. The molecule has 2 aromatic rings. The van der Waals surface area contributed by atoms with Gasteiger partial charge < -0.3 is 9.47 Å². The zero-order chi connectivity index (χ0) is 17.5. The van der Waals surface area contributed by atoms with E-state index in [4.69, 9.17) is 32.7 Å². The smallest absolute Gasteiger partial charge is 0.313 e. The molecule has 1 atom stereocenters. The van der Waals surface area contributed by atoms with Crippen LogP contribution in [0.5, 0.6) is 5.75 Å². The van der Waals surface area contributed by atoms with E-state index in [1.807, 2.05) is 24.3 Å². The third-order valence-electron chi connectivity index (χ3n) is 3.54. The Hall–Kier alpha value is -1.23. The summed E-state index contributed by atoms with van der Waals surface area (Å²) in [5.41, 5.74) is 0.719. The molecule has 0 N–H and O–H groups in total. The molecule has 2 aromatic carbocycles. The van der Waals surface area contributed by atoms with Crippen molar-refractivity contribution in [3.05, 3.63) is 62.5 Å². The van der Waals surface area contributed by atoms with Gasteiger partial charge in [0.2, 0.25) is 0 Å². The van der Waals surface area contributed by atoms with Crippen molar-refractivity contribution in [2.24, 2.45) is 0 Å². The van der Waals surface area contributed by atoms with Gasteiger partial charge in [-0.15, -0.1) is 0 Å². The summed E-state index contributed by atoms with van der Waals surface area (Å²) >= 11 is 15.5. The first-order chi connectivity index (χ1) is 11.5. The lowest BCUT2D eigenvalue weighted by Crippen LogP contribution is -2.16. The van der Waals surface area contributed by atoms with Crippen LogP contribution in [0.1, 0.15) is 24.3 Å². The average Bonchev–Trinajstić information content (AvgIpc) is 2.57. The Morgan fingerprint density at radius 2 is 1.88 bits per heavy atom. The van der Waals surface area contributed by atoms with E-state index in [1.165, 1.54) is 7.11 Å². The van der Waals surface area contributed by atoms with Gasteiger partial charge in [0.05, 0.1) is 19.6 Å². The van der Waals surface area contributed by atoms with Gasteiger partial charge in [-0.3, -0.25) is 4.79 Å². The monoisotopic (exact) mass is 430 g/mol. The summed E-state index contributed by atoms with van der Waals surface area (Å²) in [4.78, 5) is 12.1. The average molecular weight is 432 g/mol. The number of ether oxygens (including phenoxy) is 2. The molecule has 0 bridgehead atoms. The highest BCUT2D eigenvalue weighted by Crippen LogP contribution is 2.31. The Morgan fingerprint density at radius 1 is 1.17 bits per heavy atom. The van der Waals surface area contributed by atoms with Crippen molar-refractivity contribution in [1.29, 1.82) is 0 Å². The number of halogens is 3. The van der Waals surface area contributed by atoms with Crippen LogP contribution in [-0.2, 0) is 9.53 Å². The van der Waals surface area contributed by atoms with Crippen molar-refractivity contribution >= 4 is 45.1 Å². The summed E-state index contributed by atoms with van der Waals surface area (Å²) in [5, 5.41) is 0.998. The van der Waals surface area contributed by atoms with Gasteiger partial charge >= 0.3 is 5.97 Å². The third kappa shape index (κ3) is 5.40. The molecule has 0 aliphatic rings. The molecule has 0 fully saturated rings.